The molecule has 2 bridgehead atoms. The van der Waals surface area contributed by atoms with Gasteiger partial charge in [-0.1, -0.05) is 24.3 Å². The molecule has 1 aromatic rings. The van der Waals surface area contributed by atoms with Gasteiger partial charge in [0.2, 0.25) is 0 Å². The van der Waals surface area contributed by atoms with Crippen LogP contribution in [0.25, 0.3) is 0 Å². The van der Waals surface area contributed by atoms with Gasteiger partial charge in [-0.2, -0.15) is 0 Å². The monoisotopic (exact) mass is 202 g/mol. The Morgan fingerprint density at radius 3 is 2.93 bits per heavy atom. The van der Waals surface area contributed by atoms with Crippen LogP contribution in [0.4, 0.5) is 0 Å². The summed E-state index contributed by atoms with van der Waals surface area (Å²) in [4.78, 5) is 11.5. The SMILES string of the molecule is COC(=O)c1cccc2c1C1C=CC2O1. The molecule has 2 aliphatic rings. The number of ether oxygens (including phenoxy) is 2. The third kappa shape index (κ3) is 1.07. The molecule has 2 heterocycles. The lowest BCUT2D eigenvalue weighted by Gasteiger charge is -2.10. The summed E-state index contributed by atoms with van der Waals surface area (Å²) < 4.78 is 10.4. The highest BCUT2D eigenvalue weighted by atomic mass is 16.5. The number of rotatable bonds is 1. The van der Waals surface area contributed by atoms with Crippen molar-refractivity contribution in [1.29, 1.82) is 0 Å². The highest BCUT2D eigenvalue weighted by Gasteiger charge is 2.36. The zero-order chi connectivity index (χ0) is 10.4. The van der Waals surface area contributed by atoms with Crippen LogP contribution in [0.15, 0.2) is 30.4 Å². The normalized spacial score (nSPS) is 25.4. The van der Waals surface area contributed by atoms with Gasteiger partial charge in [0.1, 0.15) is 12.2 Å². The van der Waals surface area contributed by atoms with Crippen molar-refractivity contribution in [2.45, 2.75) is 12.2 Å². The molecule has 3 heteroatoms. The second-order valence-electron chi connectivity index (χ2n) is 3.66. The van der Waals surface area contributed by atoms with Crippen molar-refractivity contribution in [3.63, 3.8) is 0 Å². The molecule has 0 aliphatic carbocycles. The number of hydrogen-bond acceptors (Lipinski definition) is 3. The number of hydrogen-bond donors (Lipinski definition) is 0. The first-order valence-electron chi connectivity index (χ1n) is 4.86. The fraction of sp³-hybridized carbons (Fsp3) is 0.250. The summed E-state index contributed by atoms with van der Waals surface area (Å²) in [6, 6.07) is 5.64. The maximum atomic E-state index is 11.5. The number of methoxy groups -OCH3 is 1. The Balaban J connectivity index is 2.17. The standard InChI is InChI=1S/C12H10O3/c1-14-12(13)8-4-2-3-7-9-5-6-10(15-9)11(7)8/h2-6,9-10H,1H3. The van der Waals surface area contributed by atoms with E-state index in [2.05, 4.69) is 0 Å². The largest absolute Gasteiger partial charge is 0.465 e. The van der Waals surface area contributed by atoms with Gasteiger partial charge in [-0.05, 0) is 11.6 Å². The number of esters is 1. The molecule has 1 aromatic carbocycles. The molecular formula is C12H10O3. The molecule has 0 spiro atoms. The molecule has 3 nitrogen and oxygen atoms in total. The molecule has 0 saturated heterocycles. The van der Waals surface area contributed by atoms with Gasteiger partial charge in [-0.3, -0.25) is 0 Å². The second-order valence-corrected chi connectivity index (χ2v) is 3.66. The highest BCUT2D eigenvalue weighted by Crippen LogP contribution is 2.47. The molecule has 3 rings (SSSR count). The zero-order valence-corrected chi connectivity index (χ0v) is 8.27. The van der Waals surface area contributed by atoms with Crippen LogP contribution in [0, 0.1) is 0 Å². The number of fused-ring (bicyclic) bond motifs is 5. The van der Waals surface area contributed by atoms with Crippen molar-refractivity contribution in [2.75, 3.05) is 7.11 Å². The van der Waals surface area contributed by atoms with Gasteiger partial charge in [0.25, 0.3) is 0 Å². The second kappa shape index (κ2) is 2.94. The average molecular weight is 202 g/mol. The van der Waals surface area contributed by atoms with Crippen molar-refractivity contribution < 1.29 is 14.3 Å². The molecule has 0 aromatic heterocycles. The molecule has 0 radical (unpaired) electrons. The van der Waals surface area contributed by atoms with E-state index in [1.807, 2.05) is 24.3 Å². The van der Waals surface area contributed by atoms with E-state index < -0.39 is 0 Å². The van der Waals surface area contributed by atoms with Crippen LogP contribution in [-0.4, -0.2) is 13.1 Å². The van der Waals surface area contributed by atoms with E-state index in [0.717, 1.165) is 11.1 Å². The topological polar surface area (TPSA) is 35.5 Å². The summed E-state index contributed by atoms with van der Waals surface area (Å²) >= 11 is 0. The van der Waals surface area contributed by atoms with Crippen molar-refractivity contribution >= 4 is 5.97 Å². The van der Waals surface area contributed by atoms with Crippen LogP contribution in [0.1, 0.15) is 33.7 Å². The molecule has 0 amide bonds. The minimum atomic E-state index is -0.295. The first kappa shape index (κ1) is 8.68. The third-order valence-corrected chi connectivity index (χ3v) is 2.89. The molecule has 0 N–H and O–H groups in total. The summed E-state index contributed by atoms with van der Waals surface area (Å²) in [6.07, 6.45) is 3.96. The molecular weight excluding hydrogens is 192 g/mol. The maximum Gasteiger partial charge on any atom is 0.338 e. The minimum Gasteiger partial charge on any atom is -0.465 e. The van der Waals surface area contributed by atoms with E-state index in [0.29, 0.717) is 5.56 Å². The van der Waals surface area contributed by atoms with Gasteiger partial charge in [0, 0.05) is 5.56 Å². The van der Waals surface area contributed by atoms with Gasteiger partial charge in [-0.15, -0.1) is 0 Å². The number of benzene rings is 1. The van der Waals surface area contributed by atoms with E-state index in [1.54, 1.807) is 6.07 Å². The summed E-state index contributed by atoms with van der Waals surface area (Å²) in [5, 5.41) is 0. The van der Waals surface area contributed by atoms with Crippen LogP contribution in [0.2, 0.25) is 0 Å². The molecule has 76 valence electrons. The fourth-order valence-corrected chi connectivity index (χ4v) is 2.23. The quantitative estimate of drug-likeness (QED) is 0.517. The molecule has 0 saturated carbocycles. The zero-order valence-electron chi connectivity index (χ0n) is 8.27. The van der Waals surface area contributed by atoms with Crippen LogP contribution < -0.4 is 0 Å². The van der Waals surface area contributed by atoms with Gasteiger partial charge >= 0.3 is 5.97 Å². The summed E-state index contributed by atoms with van der Waals surface area (Å²) in [5.74, 6) is -0.295. The Labute approximate surface area is 87.3 Å². The predicted octanol–water partition coefficient (Wildman–Crippen LogP) is 2.16. The number of carbonyl (C=O) groups excluding carboxylic acids is 1. The lowest BCUT2D eigenvalue weighted by Crippen LogP contribution is -2.08. The molecule has 2 atom stereocenters. The van der Waals surface area contributed by atoms with Crippen LogP contribution in [-0.2, 0) is 9.47 Å². The Morgan fingerprint density at radius 2 is 2.13 bits per heavy atom. The lowest BCUT2D eigenvalue weighted by molar-refractivity contribution is 0.0589. The molecule has 0 fully saturated rings. The molecule has 2 aliphatic heterocycles. The average Bonchev–Trinajstić information content (AvgIpc) is 2.88. The Kier molecular flexibility index (Phi) is 1.70. The first-order valence-corrected chi connectivity index (χ1v) is 4.86. The summed E-state index contributed by atoms with van der Waals surface area (Å²) in [5.41, 5.74) is 2.68. The van der Waals surface area contributed by atoms with Crippen molar-refractivity contribution in [2.24, 2.45) is 0 Å². The Bertz CT molecular complexity index is 462. The highest BCUT2D eigenvalue weighted by molar-refractivity contribution is 5.92. The lowest BCUT2D eigenvalue weighted by atomic mass is 9.92. The van der Waals surface area contributed by atoms with E-state index in [-0.39, 0.29) is 18.2 Å². The van der Waals surface area contributed by atoms with Crippen LogP contribution >= 0.6 is 0 Å². The first-order chi connectivity index (χ1) is 7.31. The van der Waals surface area contributed by atoms with E-state index in [1.165, 1.54) is 7.11 Å². The van der Waals surface area contributed by atoms with Crippen LogP contribution in [0.3, 0.4) is 0 Å². The van der Waals surface area contributed by atoms with Gasteiger partial charge in [-0.25, -0.2) is 4.79 Å². The van der Waals surface area contributed by atoms with E-state index >= 15 is 0 Å². The summed E-state index contributed by atoms with van der Waals surface area (Å²) in [6.45, 7) is 0. The fourth-order valence-electron chi connectivity index (χ4n) is 2.23. The van der Waals surface area contributed by atoms with Crippen molar-refractivity contribution in [3.8, 4) is 0 Å². The van der Waals surface area contributed by atoms with Crippen LogP contribution in [0.5, 0.6) is 0 Å². The van der Waals surface area contributed by atoms with Gasteiger partial charge < -0.3 is 9.47 Å². The van der Waals surface area contributed by atoms with Crippen molar-refractivity contribution in [1.82, 2.24) is 0 Å². The molecule has 15 heavy (non-hydrogen) atoms. The van der Waals surface area contributed by atoms with Gasteiger partial charge in [0.15, 0.2) is 0 Å². The minimum absolute atomic E-state index is 0.0228. The van der Waals surface area contributed by atoms with E-state index in [4.69, 9.17) is 9.47 Å². The predicted molar refractivity (Wildman–Crippen MR) is 53.5 cm³/mol. The third-order valence-electron chi connectivity index (χ3n) is 2.89. The maximum absolute atomic E-state index is 11.5. The molecule has 2 unspecified atom stereocenters. The van der Waals surface area contributed by atoms with E-state index in [9.17, 15) is 4.79 Å². The number of carbonyl (C=O) groups is 1. The van der Waals surface area contributed by atoms with Crippen molar-refractivity contribution in [3.05, 3.63) is 47.0 Å². The van der Waals surface area contributed by atoms with Gasteiger partial charge in [0.05, 0.1) is 12.7 Å². The smallest absolute Gasteiger partial charge is 0.338 e. The Hall–Kier alpha value is -1.61. The summed E-state index contributed by atoms with van der Waals surface area (Å²) in [7, 11) is 1.39. The Morgan fingerprint density at radius 1 is 1.33 bits per heavy atom.